The quantitative estimate of drug-likeness (QED) is 0.789. The number of fused-ring (bicyclic) bond motifs is 1. The summed E-state index contributed by atoms with van der Waals surface area (Å²) >= 11 is 0. The number of carbonyl (C=O) groups is 1. The summed E-state index contributed by atoms with van der Waals surface area (Å²) in [6.45, 7) is 0.610. The minimum Gasteiger partial charge on any atom is -0.328 e. The van der Waals surface area contributed by atoms with E-state index in [0.717, 1.165) is 23.4 Å². The molecule has 1 aliphatic rings. The van der Waals surface area contributed by atoms with Crippen LogP contribution in [0, 0.1) is 11.6 Å². The fourth-order valence-electron chi connectivity index (χ4n) is 2.20. The first-order valence-corrected chi connectivity index (χ1v) is 5.83. The summed E-state index contributed by atoms with van der Waals surface area (Å²) in [5.74, 6) is -2.32. The number of benzene rings is 1. The van der Waals surface area contributed by atoms with Crippen molar-refractivity contribution in [2.45, 2.75) is 13.1 Å². The van der Waals surface area contributed by atoms with Crippen molar-refractivity contribution in [1.29, 1.82) is 0 Å². The number of halogens is 2. The summed E-state index contributed by atoms with van der Waals surface area (Å²) in [6.07, 6.45) is 1.64. The molecule has 0 saturated carbocycles. The molecule has 3 nitrogen and oxygen atoms in total. The van der Waals surface area contributed by atoms with Crippen molar-refractivity contribution in [2.24, 2.45) is 0 Å². The number of aromatic nitrogens is 1. The number of carbonyl (C=O) groups excluding carboxylic acids is 1. The van der Waals surface area contributed by atoms with Gasteiger partial charge in [-0.2, -0.15) is 0 Å². The topological polar surface area (TPSA) is 33.2 Å². The van der Waals surface area contributed by atoms with Gasteiger partial charge in [0.25, 0.3) is 5.91 Å². The van der Waals surface area contributed by atoms with Crippen molar-refractivity contribution < 1.29 is 13.6 Å². The van der Waals surface area contributed by atoms with Crippen LogP contribution in [-0.2, 0) is 13.1 Å². The van der Waals surface area contributed by atoms with E-state index in [4.69, 9.17) is 0 Å². The summed E-state index contributed by atoms with van der Waals surface area (Å²) in [5, 5.41) is 0. The zero-order valence-electron chi connectivity index (χ0n) is 9.94. The molecular formula is C14H10F2N2O. The first-order chi connectivity index (χ1) is 9.16. The van der Waals surface area contributed by atoms with Crippen LogP contribution >= 0.6 is 0 Å². The molecule has 0 fully saturated rings. The van der Waals surface area contributed by atoms with E-state index in [1.165, 1.54) is 11.0 Å². The van der Waals surface area contributed by atoms with Crippen LogP contribution in [0.2, 0.25) is 0 Å². The Morgan fingerprint density at radius 2 is 1.84 bits per heavy atom. The maximum atomic E-state index is 13.6. The van der Waals surface area contributed by atoms with Gasteiger partial charge in [-0.15, -0.1) is 0 Å². The number of hydrogen-bond acceptors (Lipinski definition) is 2. The number of hydrogen-bond donors (Lipinski definition) is 0. The SMILES string of the molecule is O=C(c1c(F)cccc1F)N1Cc2cccnc2C1. The third-order valence-corrected chi connectivity index (χ3v) is 3.15. The Kier molecular flexibility index (Phi) is 2.74. The van der Waals surface area contributed by atoms with Gasteiger partial charge in [0, 0.05) is 12.7 Å². The van der Waals surface area contributed by atoms with Crippen LogP contribution in [0.25, 0.3) is 0 Å². The molecule has 0 spiro atoms. The maximum Gasteiger partial charge on any atom is 0.260 e. The minimum atomic E-state index is -0.839. The Hall–Kier alpha value is -2.30. The number of nitrogens with zero attached hydrogens (tertiary/aromatic N) is 2. The Balaban J connectivity index is 1.92. The normalized spacial score (nSPS) is 13.5. The highest BCUT2D eigenvalue weighted by molar-refractivity contribution is 5.95. The molecule has 3 rings (SSSR count). The lowest BCUT2D eigenvalue weighted by atomic mass is 10.1. The molecule has 2 aromatic rings. The zero-order valence-corrected chi connectivity index (χ0v) is 9.94. The Morgan fingerprint density at radius 3 is 2.53 bits per heavy atom. The van der Waals surface area contributed by atoms with Crippen LogP contribution in [0.4, 0.5) is 8.78 Å². The van der Waals surface area contributed by atoms with Crippen molar-refractivity contribution in [2.75, 3.05) is 0 Å². The highest BCUT2D eigenvalue weighted by Crippen LogP contribution is 2.24. The molecule has 1 aromatic heterocycles. The lowest BCUT2D eigenvalue weighted by Crippen LogP contribution is -2.27. The smallest absolute Gasteiger partial charge is 0.260 e. The molecule has 5 heteroatoms. The van der Waals surface area contributed by atoms with Crippen molar-refractivity contribution in [3.8, 4) is 0 Å². The first kappa shape index (κ1) is 11.8. The summed E-state index contributed by atoms with van der Waals surface area (Å²) in [6, 6.07) is 7.03. The molecule has 1 amide bonds. The van der Waals surface area contributed by atoms with Gasteiger partial charge < -0.3 is 4.90 Å². The Labute approximate surface area is 108 Å². The van der Waals surface area contributed by atoms with Gasteiger partial charge in [-0.1, -0.05) is 12.1 Å². The molecule has 1 aromatic carbocycles. The van der Waals surface area contributed by atoms with Crippen molar-refractivity contribution >= 4 is 5.91 Å². The molecule has 0 aliphatic carbocycles. The largest absolute Gasteiger partial charge is 0.328 e. The Morgan fingerprint density at radius 1 is 1.11 bits per heavy atom. The molecular weight excluding hydrogens is 250 g/mol. The van der Waals surface area contributed by atoms with E-state index in [1.54, 1.807) is 12.3 Å². The van der Waals surface area contributed by atoms with Gasteiger partial charge in [0.15, 0.2) is 0 Å². The standard InChI is InChI=1S/C14H10F2N2O/c15-10-4-1-5-11(16)13(10)14(19)18-7-9-3-2-6-17-12(9)8-18/h1-6H,7-8H2. The molecule has 19 heavy (non-hydrogen) atoms. The van der Waals surface area contributed by atoms with Crippen LogP contribution in [0.5, 0.6) is 0 Å². The summed E-state index contributed by atoms with van der Waals surface area (Å²) in [5.41, 5.74) is 1.18. The van der Waals surface area contributed by atoms with Gasteiger partial charge in [0.2, 0.25) is 0 Å². The molecule has 0 atom stereocenters. The minimum absolute atomic E-state index is 0.281. The van der Waals surface area contributed by atoms with E-state index in [0.29, 0.717) is 6.54 Å². The van der Waals surface area contributed by atoms with Gasteiger partial charge in [0.05, 0.1) is 12.2 Å². The predicted molar refractivity (Wildman–Crippen MR) is 64.2 cm³/mol. The van der Waals surface area contributed by atoms with E-state index in [1.807, 2.05) is 6.07 Å². The summed E-state index contributed by atoms with van der Waals surface area (Å²) in [7, 11) is 0. The number of pyridine rings is 1. The fourth-order valence-corrected chi connectivity index (χ4v) is 2.20. The molecule has 0 N–H and O–H groups in total. The van der Waals surface area contributed by atoms with Crippen molar-refractivity contribution in [3.63, 3.8) is 0 Å². The molecule has 0 bridgehead atoms. The number of amides is 1. The van der Waals surface area contributed by atoms with Crippen molar-refractivity contribution in [3.05, 3.63) is 65.0 Å². The van der Waals surface area contributed by atoms with Crippen LogP contribution in [0.15, 0.2) is 36.5 Å². The Bertz CT molecular complexity index is 612. The molecule has 1 aliphatic heterocycles. The molecule has 2 heterocycles. The van der Waals surface area contributed by atoms with Gasteiger partial charge >= 0.3 is 0 Å². The molecule has 0 saturated heterocycles. The van der Waals surface area contributed by atoms with Crippen molar-refractivity contribution in [1.82, 2.24) is 9.88 Å². The first-order valence-electron chi connectivity index (χ1n) is 5.83. The zero-order chi connectivity index (χ0) is 13.4. The fraction of sp³-hybridized carbons (Fsp3) is 0.143. The highest BCUT2D eigenvalue weighted by atomic mass is 19.1. The van der Waals surface area contributed by atoms with E-state index < -0.39 is 23.1 Å². The van der Waals surface area contributed by atoms with Crippen LogP contribution in [-0.4, -0.2) is 15.8 Å². The van der Waals surface area contributed by atoms with E-state index in [2.05, 4.69) is 4.98 Å². The molecule has 0 unspecified atom stereocenters. The predicted octanol–water partition coefficient (Wildman–Crippen LogP) is 2.52. The average Bonchev–Trinajstić information content (AvgIpc) is 2.82. The lowest BCUT2D eigenvalue weighted by Gasteiger charge is -2.15. The van der Waals surface area contributed by atoms with Gasteiger partial charge in [-0.3, -0.25) is 9.78 Å². The summed E-state index contributed by atoms with van der Waals surface area (Å²) in [4.78, 5) is 17.7. The second-order valence-corrected chi connectivity index (χ2v) is 4.37. The number of rotatable bonds is 1. The molecule has 0 radical (unpaired) electrons. The third-order valence-electron chi connectivity index (χ3n) is 3.15. The van der Waals surface area contributed by atoms with Crippen LogP contribution in [0.3, 0.4) is 0 Å². The average molecular weight is 260 g/mol. The second kappa shape index (κ2) is 4.42. The van der Waals surface area contributed by atoms with Gasteiger partial charge in [-0.05, 0) is 23.8 Å². The van der Waals surface area contributed by atoms with E-state index in [9.17, 15) is 13.6 Å². The third kappa shape index (κ3) is 1.97. The second-order valence-electron chi connectivity index (χ2n) is 4.37. The highest BCUT2D eigenvalue weighted by Gasteiger charge is 2.28. The van der Waals surface area contributed by atoms with Crippen LogP contribution in [0.1, 0.15) is 21.6 Å². The van der Waals surface area contributed by atoms with E-state index in [-0.39, 0.29) is 6.54 Å². The van der Waals surface area contributed by atoms with Gasteiger partial charge in [0.1, 0.15) is 17.2 Å². The molecule has 96 valence electrons. The summed E-state index contributed by atoms with van der Waals surface area (Å²) < 4.78 is 27.2. The monoisotopic (exact) mass is 260 g/mol. The maximum absolute atomic E-state index is 13.6. The van der Waals surface area contributed by atoms with E-state index >= 15 is 0 Å². The lowest BCUT2D eigenvalue weighted by molar-refractivity contribution is 0.0740. The van der Waals surface area contributed by atoms with Crippen LogP contribution < -0.4 is 0 Å². The van der Waals surface area contributed by atoms with Gasteiger partial charge in [-0.25, -0.2) is 8.78 Å².